The Morgan fingerprint density at radius 2 is 2.00 bits per heavy atom. The smallest absolute Gasteiger partial charge is 0.0491 e. The minimum Gasteiger partial charge on any atom is -0.384 e. The molecule has 1 aromatic heterocycles. The highest BCUT2D eigenvalue weighted by molar-refractivity contribution is 7.11. The van der Waals surface area contributed by atoms with E-state index in [0.717, 1.165) is 25.6 Å². The number of hydrogen-bond donors (Lipinski definition) is 1. The van der Waals surface area contributed by atoms with E-state index in [1.165, 1.54) is 35.7 Å². The summed E-state index contributed by atoms with van der Waals surface area (Å²) in [5, 5.41) is 3.48. The molecule has 0 atom stereocenters. The van der Waals surface area contributed by atoms with Gasteiger partial charge in [-0.05, 0) is 44.0 Å². The predicted molar refractivity (Wildman–Crippen MR) is 86.2 cm³/mol. The number of likely N-dealkylation sites (tertiary alicyclic amines) is 1. The van der Waals surface area contributed by atoms with E-state index >= 15 is 0 Å². The molecule has 20 heavy (non-hydrogen) atoms. The number of rotatable bonds is 7. The van der Waals surface area contributed by atoms with Gasteiger partial charge in [-0.3, -0.25) is 4.90 Å². The van der Waals surface area contributed by atoms with Crippen LogP contribution in [0.1, 0.15) is 36.4 Å². The average Bonchev–Trinajstić information content (AvgIpc) is 2.87. The second-order valence-corrected chi connectivity index (χ2v) is 7.33. The lowest BCUT2D eigenvalue weighted by atomic mass is 9.98. The van der Waals surface area contributed by atoms with E-state index in [2.05, 4.69) is 36.2 Å². The molecule has 1 aliphatic heterocycles. The van der Waals surface area contributed by atoms with Gasteiger partial charge in [-0.25, -0.2) is 0 Å². The van der Waals surface area contributed by atoms with Gasteiger partial charge in [0.05, 0.1) is 0 Å². The van der Waals surface area contributed by atoms with Crippen LogP contribution < -0.4 is 5.32 Å². The van der Waals surface area contributed by atoms with E-state index in [1.807, 2.05) is 18.4 Å². The van der Waals surface area contributed by atoms with Crippen molar-refractivity contribution in [3.05, 3.63) is 21.9 Å². The monoisotopic (exact) mass is 296 g/mol. The second kappa shape index (κ2) is 8.13. The predicted octanol–water partition coefficient (Wildman–Crippen LogP) is 3.10. The molecule has 1 fully saturated rings. The first-order valence-corrected chi connectivity index (χ1v) is 8.51. The summed E-state index contributed by atoms with van der Waals surface area (Å²) in [6.45, 7) is 9.86. The van der Waals surface area contributed by atoms with Crippen molar-refractivity contribution in [3.8, 4) is 0 Å². The highest BCUT2D eigenvalue weighted by atomic mass is 32.1. The Kier molecular flexibility index (Phi) is 6.49. The molecule has 1 aromatic rings. The van der Waals surface area contributed by atoms with E-state index < -0.39 is 0 Å². The van der Waals surface area contributed by atoms with Gasteiger partial charge in [0.25, 0.3) is 0 Å². The standard InChI is InChI=1S/C16H28N2OS/c1-13(2)17-10-15-4-5-16(20-15)11-18-8-6-14(7-9-18)12-19-3/h4-5,13-14,17H,6-12H2,1-3H3. The Hall–Kier alpha value is -0.420. The fourth-order valence-electron chi connectivity index (χ4n) is 2.67. The molecule has 0 aromatic carbocycles. The van der Waals surface area contributed by atoms with Crippen LogP contribution >= 0.6 is 11.3 Å². The molecule has 0 amide bonds. The zero-order chi connectivity index (χ0) is 14.4. The van der Waals surface area contributed by atoms with Gasteiger partial charge in [-0.15, -0.1) is 11.3 Å². The maximum atomic E-state index is 5.26. The largest absolute Gasteiger partial charge is 0.384 e. The summed E-state index contributed by atoms with van der Waals surface area (Å²) in [5.41, 5.74) is 0. The lowest BCUT2D eigenvalue weighted by Crippen LogP contribution is -2.34. The van der Waals surface area contributed by atoms with E-state index in [-0.39, 0.29) is 0 Å². The lowest BCUT2D eigenvalue weighted by molar-refractivity contribution is 0.0972. The molecule has 0 aliphatic carbocycles. The van der Waals surface area contributed by atoms with Gasteiger partial charge >= 0.3 is 0 Å². The molecule has 1 saturated heterocycles. The SMILES string of the molecule is COCC1CCN(Cc2ccc(CNC(C)C)s2)CC1. The number of nitrogens with one attached hydrogen (secondary N) is 1. The van der Waals surface area contributed by atoms with Crippen LogP contribution in [-0.4, -0.2) is 37.7 Å². The summed E-state index contributed by atoms with van der Waals surface area (Å²) >= 11 is 1.95. The van der Waals surface area contributed by atoms with Crippen LogP contribution in [0.5, 0.6) is 0 Å². The van der Waals surface area contributed by atoms with Crippen LogP contribution in [0.25, 0.3) is 0 Å². The third kappa shape index (κ3) is 5.17. The molecule has 0 unspecified atom stereocenters. The van der Waals surface area contributed by atoms with Gasteiger partial charge in [0, 0.05) is 42.6 Å². The lowest BCUT2D eigenvalue weighted by Gasteiger charge is -2.31. The van der Waals surface area contributed by atoms with Gasteiger partial charge in [0.15, 0.2) is 0 Å². The number of thiophene rings is 1. The molecule has 2 rings (SSSR count). The quantitative estimate of drug-likeness (QED) is 0.837. The number of methoxy groups -OCH3 is 1. The Balaban J connectivity index is 1.74. The Labute approximate surface area is 127 Å². The molecular formula is C16H28N2OS. The van der Waals surface area contributed by atoms with Crippen LogP contribution in [-0.2, 0) is 17.8 Å². The summed E-state index contributed by atoms with van der Waals surface area (Å²) in [6.07, 6.45) is 2.56. The Bertz CT molecular complexity index is 384. The van der Waals surface area contributed by atoms with E-state index in [4.69, 9.17) is 4.74 Å². The molecular weight excluding hydrogens is 268 g/mol. The zero-order valence-electron chi connectivity index (χ0n) is 13.0. The van der Waals surface area contributed by atoms with Crippen molar-refractivity contribution in [1.82, 2.24) is 10.2 Å². The van der Waals surface area contributed by atoms with Crippen molar-refractivity contribution in [2.24, 2.45) is 5.92 Å². The van der Waals surface area contributed by atoms with E-state index in [1.54, 1.807) is 0 Å². The number of hydrogen-bond acceptors (Lipinski definition) is 4. The van der Waals surface area contributed by atoms with Crippen LogP contribution in [0.15, 0.2) is 12.1 Å². The maximum Gasteiger partial charge on any atom is 0.0491 e. The first-order valence-electron chi connectivity index (χ1n) is 7.69. The zero-order valence-corrected chi connectivity index (χ0v) is 13.8. The molecule has 114 valence electrons. The van der Waals surface area contributed by atoms with Crippen molar-refractivity contribution < 1.29 is 4.74 Å². The number of piperidine rings is 1. The van der Waals surface area contributed by atoms with Crippen LogP contribution in [0, 0.1) is 5.92 Å². The molecule has 1 N–H and O–H groups in total. The first kappa shape index (κ1) is 16.0. The molecule has 3 nitrogen and oxygen atoms in total. The maximum absolute atomic E-state index is 5.26. The van der Waals surface area contributed by atoms with Crippen molar-refractivity contribution >= 4 is 11.3 Å². The number of nitrogens with zero attached hydrogens (tertiary/aromatic N) is 1. The fourth-order valence-corrected chi connectivity index (χ4v) is 3.69. The normalized spacial score (nSPS) is 18.0. The van der Waals surface area contributed by atoms with Crippen molar-refractivity contribution in [1.29, 1.82) is 0 Å². The highest BCUT2D eigenvalue weighted by Gasteiger charge is 2.19. The van der Waals surface area contributed by atoms with Crippen molar-refractivity contribution in [2.75, 3.05) is 26.8 Å². The highest BCUT2D eigenvalue weighted by Crippen LogP contribution is 2.22. The van der Waals surface area contributed by atoms with Crippen LogP contribution in [0.2, 0.25) is 0 Å². The molecule has 0 saturated carbocycles. The van der Waals surface area contributed by atoms with Crippen LogP contribution in [0.3, 0.4) is 0 Å². The average molecular weight is 296 g/mol. The Morgan fingerprint density at radius 3 is 2.65 bits per heavy atom. The molecule has 0 radical (unpaired) electrons. The van der Waals surface area contributed by atoms with Crippen molar-refractivity contribution in [2.45, 2.75) is 45.8 Å². The third-order valence-electron chi connectivity index (χ3n) is 3.89. The molecule has 1 aliphatic rings. The molecule has 2 heterocycles. The molecule has 4 heteroatoms. The Morgan fingerprint density at radius 1 is 1.30 bits per heavy atom. The van der Waals surface area contributed by atoms with Gasteiger partial charge in [-0.1, -0.05) is 13.8 Å². The minimum absolute atomic E-state index is 0.556. The van der Waals surface area contributed by atoms with E-state index in [9.17, 15) is 0 Å². The summed E-state index contributed by atoms with van der Waals surface area (Å²) in [4.78, 5) is 5.52. The minimum atomic E-state index is 0.556. The molecule has 0 bridgehead atoms. The molecule has 0 spiro atoms. The van der Waals surface area contributed by atoms with Crippen LogP contribution in [0.4, 0.5) is 0 Å². The fraction of sp³-hybridized carbons (Fsp3) is 0.750. The summed E-state index contributed by atoms with van der Waals surface area (Å²) in [5.74, 6) is 0.769. The second-order valence-electron chi connectivity index (χ2n) is 6.08. The van der Waals surface area contributed by atoms with Crippen molar-refractivity contribution in [3.63, 3.8) is 0 Å². The topological polar surface area (TPSA) is 24.5 Å². The first-order chi connectivity index (χ1) is 9.67. The van der Waals surface area contributed by atoms with Gasteiger partial charge in [0.2, 0.25) is 0 Å². The van der Waals surface area contributed by atoms with Gasteiger partial charge < -0.3 is 10.1 Å². The summed E-state index contributed by atoms with van der Waals surface area (Å²) in [6, 6.07) is 5.12. The third-order valence-corrected chi connectivity index (χ3v) is 4.96. The van der Waals surface area contributed by atoms with E-state index in [0.29, 0.717) is 6.04 Å². The van der Waals surface area contributed by atoms with Gasteiger partial charge in [-0.2, -0.15) is 0 Å². The number of ether oxygens (including phenoxy) is 1. The van der Waals surface area contributed by atoms with Gasteiger partial charge in [0.1, 0.15) is 0 Å². The summed E-state index contributed by atoms with van der Waals surface area (Å²) in [7, 11) is 1.81. The summed E-state index contributed by atoms with van der Waals surface area (Å²) < 4.78 is 5.26.